The molecule has 0 bridgehead atoms. The van der Waals surface area contributed by atoms with E-state index in [1.165, 1.54) is 18.2 Å². The molecule has 2 aromatic rings. The van der Waals surface area contributed by atoms with E-state index >= 15 is 0 Å². The number of rotatable bonds is 5. The quantitative estimate of drug-likeness (QED) is 0.642. The van der Waals surface area contributed by atoms with Crippen LogP contribution in [0.5, 0.6) is 0 Å². The summed E-state index contributed by atoms with van der Waals surface area (Å²) in [5, 5.41) is 3.19. The van der Waals surface area contributed by atoms with Crippen molar-refractivity contribution in [3.8, 4) is 0 Å². The molecule has 0 radical (unpaired) electrons. The van der Waals surface area contributed by atoms with Crippen molar-refractivity contribution in [2.45, 2.75) is 43.5 Å². The predicted octanol–water partition coefficient (Wildman–Crippen LogP) is 5.24. The van der Waals surface area contributed by atoms with Gasteiger partial charge in [-0.3, -0.25) is 4.79 Å². The molecule has 2 N–H and O–H groups in total. The summed E-state index contributed by atoms with van der Waals surface area (Å²) in [6, 6.07) is 7.54. The molecule has 0 aromatic heterocycles. The Morgan fingerprint density at radius 2 is 1.79 bits per heavy atom. The first-order valence-corrected chi connectivity index (χ1v) is 11.5. The second kappa shape index (κ2) is 9.00. The molecule has 0 saturated heterocycles. The molecule has 1 aliphatic rings. The lowest BCUT2D eigenvalue weighted by atomic mass is 9.87. The monoisotopic (exact) mass is 458 g/mol. The topological polar surface area (TPSA) is 75.3 Å². The highest BCUT2D eigenvalue weighted by Gasteiger charge is 2.29. The lowest BCUT2D eigenvalue weighted by Gasteiger charge is -2.29. The Bertz CT molecular complexity index is 1030. The summed E-state index contributed by atoms with van der Waals surface area (Å²) < 4.78 is 42.5. The van der Waals surface area contributed by atoms with E-state index < -0.39 is 26.6 Å². The van der Waals surface area contributed by atoms with Crippen LogP contribution < -0.4 is 10.0 Å². The number of halogens is 3. The van der Waals surface area contributed by atoms with E-state index in [0.29, 0.717) is 17.1 Å². The molecule has 0 heterocycles. The highest BCUT2D eigenvalue weighted by Crippen LogP contribution is 2.27. The van der Waals surface area contributed by atoms with Gasteiger partial charge in [0.2, 0.25) is 10.0 Å². The lowest BCUT2D eigenvalue weighted by Crippen LogP contribution is -2.41. The molecule has 5 nitrogen and oxygen atoms in total. The van der Waals surface area contributed by atoms with E-state index in [2.05, 4.69) is 10.0 Å². The Balaban J connectivity index is 1.83. The fourth-order valence-electron chi connectivity index (χ4n) is 3.38. The standard InChI is InChI=1S/C20H21Cl2FN2O3S/c1-12-4-2-3-5-18(12)25-29(27,28)19-10-13(6-9-17(19)23)20(26)24-14-7-8-15(21)16(22)11-14/h6-12,18,25H,2-5H2,1H3,(H,24,26)/t12-,18+/m1/s1. The Morgan fingerprint density at radius 1 is 1.07 bits per heavy atom. The molecule has 1 fully saturated rings. The van der Waals surface area contributed by atoms with Gasteiger partial charge in [-0.2, -0.15) is 0 Å². The molecule has 0 unspecified atom stereocenters. The minimum Gasteiger partial charge on any atom is -0.322 e. The van der Waals surface area contributed by atoms with Crippen molar-refractivity contribution < 1.29 is 17.6 Å². The lowest BCUT2D eigenvalue weighted by molar-refractivity contribution is 0.102. The van der Waals surface area contributed by atoms with Crippen molar-refractivity contribution in [2.75, 3.05) is 5.32 Å². The van der Waals surface area contributed by atoms with Gasteiger partial charge in [-0.1, -0.05) is 43.0 Å². The maximum atomic E-state index is 14.3. The van der Waals surface area contributed by atoms with Crippen LogP contribution in [0.25, 0.3) is 0 Å². The van der Waals surface area contributed by atoms with E-state index in [0.717, 1.165) is 31.4 Å². The first kappa shape index (κ1) is 22.0. The van der Waals surface area contributed by atoms with Crippen LogP contribution in [-0.2, 0) is 10.0 Å². The number of hydrogen-bond acceptors (Lipinski definition) is 3. The maximum Gasteiger partial charge on any atom is 0.255 e. The van der Waals surface area contributed by atoms with E-state index in [9.17, 15) is 17.6 Å². The third-order valence-corrected chi connectivity index (χ3v) is 7.32. The second-order valence-electron chi connectivity index (χ2n) is 7.22. The Kier molecular flexibility index (Phi) is 6.83. The highest BCUT2D eigenvalue weighted by molar-refractivity contribution is 7.89. The van der Waals surface area contributed by atoms with Crippen molar-refractivity contribution in [2.24, 2.45) is 5.92 Å². The summed E-state index contributed by atoms with van der Waals surface area (Å²) in [7, 11) is -4.11. The zero-order valence-electron chi connectivity index (χ0n) is 15.7. The number of amides is 1. The van der Waals surface area contributed by atoms with Gasteiger partial charge in [0.05, 0.1) is 10.0 Å². The first-order chi connectivity index (χ1) is 13.7. The van der Waals surface area contributed by atoms with Gasteiger partial charge in [-0.05, 0) is 55.2 Å². The molecule has 156 valence electrons. The molecular weight excluding hydrogens is 438 g/mol. The molecule has 0 spiro atoms. The van der Waals surface area contributed by atoms with Crippen LogP contribution in [0.4, 0.5) is 10.1 Å². The van der Waals surface area contributed by atoms with Gasteiger partial charge in [0, 0.05) is 17.3 Å². The summed E-state index contributed by atoms with van der Waals surface area (Å²) >= 11 is 11.8. The van der Waals surface area contributed by atoms with Gasteiger partial charge in [-0.15, -0.1) is 0 Å². The smallest absolute Gasteiger partial charge is 0.255 e. The molecule has 29 heavy (non-hydrogen) atoms. The van der Waals surface area contributed by atoms with Crippen molar-refractivity contribution in [3.05, 3.63) is 57.8 Å². The van der Waals surface area contributed by atoms with Crippen molar-refractivity contribution in [1.29, 1.82) is 0 Å². The maximum absolute atomic E-state index is 14.3. The summed E-state index contributed by atoms with van der Waals surface area (Å²) in [6.07, 6.45) is 3.60. The van der Waals surface area contributed by atoms with Crippen molar-refractivity contribution in [1.82, 2.24) is 4.72 Å². The predicted molar refractivity (Wildman–Crippen MR) is 113 cm³/mol. The van der Waals surface area contributed by atoms with E-state index in [1.54, 1.807) is 6.07 Å². The highest BCUT2D eigenvalue weighted by atomic mass is 35.5. The van der Waals surface area contributed by atoms with Crippen LogP contribution in [0.2, 0.25) is 10.0 Å². The summed E-state index contributed by atoms with van der Waals surface area (Å²) in [6.45, 7) is 1.98. The fraction of sp³-hybridized carbons (Fsp3) is 0.350. The third kappa shape index (κ3) is 5.28. The molecule has 9 heteroatoms. The van der Waals surface area contributed by atoms with Gasteiger partial charge < -0.3 is 5.32 Å². The number of nitrogens with one attached hydrogen (secondary N) is 2. The Labute approximate surface area is 179 Å². The summed E-state index contributed by atoms with van der Waals surface area (Å²) in [5.74, 6) is -1.33. The second-order valence-corrected chi connectivity index (χ2v) is 9.71. The molecule has 1 saturated carbocycles. The number of benzene rings is 2. The van der Waals surface area contributed by atoms with Gasteiger partial charge >= 0.3 is 0 Å². The molecular formula is C20H21Cl2FN2O3S. The number of carbonyl (C=O) groups is 1. The number of hydrogen-bond donors (Lipinski definition) is 2. The van der Waals surface area contributed by atoms with Crippen LogP contribution in [0, 0.1) is 11.7 Å². The van der Waals surface area contributed by atoms with Crippen molar-refractivity contribution in [3.63, 3.8) is 0 Å². The minimum atomic E-state index is -4.11. The SMILES string of the molecule is C[C@@H]1CCCC[C@@H]1NS(=O)(=O)c1cc(C(=O)Nc2ccc(Cl)c(Cl)c2)ccc1F. The minimum absolute atomic E-state index is 0.00883. The Hall–Kier alpha value is -1.67. The van der Waals surface area contributed by atoms with E-state index in [4.69, 9.17) is 23.2 Å². The number of anilines is 1. The Morgan fingerprint density at radius 3 is 2.48 bits per heavy atom. The normalized spacial score (nSPS) is 19.7. The molecule has 1 aliphatic carbocycles. The molecule has 2 atom stereocenters. The average molecular weight is 459 g/mol. The van der Waals surface area contributed by atoms with Gasteiger partial charge in [0.25, 0.3) is 5.91 Å². The van der Waals surface area contributed by atoms with Crippen LogP contribution >= 0.6 is 23.2 Å². The number of sulfonamides is 1. The zero-order chi connectivity index (χ0) is 21.2. The van der Waals surface area contributed by atoms with Crippen LogP contribution in [0.1, 0.15) is 43.0 Å². The fourth-order valence-corrected chi connectivity index (χ4v) is 5.16. The number of carbonyl (C=O) groups excluding carboxylic acids is 1. The van der Waals surface area contributed by atoms with Gasteiger partial charge in [0.15, 0.2) is 0 Å². The molecule has 2 aromatic carbocycles. The first-order valence-electron chi connectivity index (χ1n) is 9.25. The van der Waals surface area contributed by atoms with Crippen LogP contribution in [-0.4, -0.2) is 20.4 Å². The summed E-state index contributed by atoms with van der Waals surface area (Å²) in [5.41, 5.74) is 0.391. The van der Waals surface area contributed by atoms with E-state index in [-0.39, 0.29) is 22.5 Å². The van der Waals surface area contributed by atoms with Crippen LogP contribution in [0.15, 0.2) is 41.3 Å². The van der Waals surface area contributed by atoms with E-state index in [1.807, 2.05) is 6.92 Å². The molecule has 1 amide bonds. The van der Waals surface area contributed by atoms with Gasteiger partial charge in [0.1, 0.15) is 10.7 Å². The molecule has 0 aliphatic heterocycles. The average Bonchev–Trinajstić information content (AvgIpc) is 2.66. The summed E-state index contributed by atoms with van der Waals surface area (Å²) in [4.78, 5) is 12.0. The largest absolute Gasteiger partial charge is 0.322 e. The molecule has 3 rings (SSSR count). The third-order valence-electron chi connectivity index (χ3n) is 5.08. The van der Waals surface area contributed by atoms with Crippen LogP contribution in [0.3, 0.4) is 0 Å². The zero-order valence-corrected chi connectivity index (χ0v) is 18.0. The van der Waals surface area contributed by atoms with Crippen molar-refractivity contribution >= 4 is 44.8 Å². The van der Waals surface area contributed by atoms with Gasteiger partial charge in [-0.25, -0.2) is 17.5 Å².